The van der Waals surface area contributed by atoms with Gasteiger partial charge >= 0.3 is 0 Å². The molecule has 150 valence electrons. The van der Waals surface area contributed by atoms with Gasteiger partial charge in [0, 0.05) is 25.5 Å². The molecule has 1 heterocycles. The number of amides is 1. The van der Waals surface area contributed by atoms with Gasteiger partial charge in [-0.05, 0) is 35.9 Å². The highest BCUT2D eigenvalue weighted by atomic mass is 35.5. The van der Waals surface area contributed by atoms with Crippen LogP contribution in [0, 0.1) is 0 Å². The number of halogens is 2. The molecule has 1 N–H and O–H groups in total. The number of aromatic nitrogens is 1. The van der Waals surface area contributed by atoms with Crippen LogP contribution in [0.2, 0.25) is 10.2 Å². The molecule has 0 spiro atoms. The highest BCUT2D eigenvalue weighted by molar-refractivity contribution is 7.89. The summed E-state index contributed by atoms with van der Waals surface area (Å²) in [5.41, 5.74) is 1.56. The van der Waals surface area contributed by atoms with Crippen molar-refractivity contribution in [3.63, 3.8) is 0 Å². The van der Waals surface area contributed by atoms with Gasteiger partial charge in [-0.25, -0.2) is 13.4 Å². The zero-order chi connectivity index (χ0) is 21.0. The minimum atomic E-state index is -3.67. The average molecular weight is 450 g/mol. The lowest BCUT2D eigenvalue weighted by Gasteiger charge is -2.17. The molecule has 1 aromatic heterocycles. The van der Waals surface area contributed by atoms with E-state index in [1.807, 2.05) is 30.3 Å². The minimum absolute atomic E-state index is 0.109. The van der Waals surface area contributed by atoms with Crippen LogP contribution in [0.4, 0.5) is 5.69 Å². The molecule has 3 aromatic rings. The summed E-state index contributed by atoms with van der Waals surface area (Å²) in [5, 5.41) is 2.94. The molecule has 6 nitrogen and oxygen atoms in total. The molecule has 3 rings (SSSR count). The second-order valence-electron chi connectivity index (χ2n) is 6.22. The number of benzene rings is 2. The maximum absolute atomic E-state index is 12.8. The lowest BCUT2D eigenvalue weighted by Crippen LogP contribution is -2.26. The van der Waals surface area contributed by atoms with E-state index in [0.717, 1.165) is 5.56 Å². The van der Waals surface area contributed by atoms with Crippen LogP contribution in [0.3, 0.4) is 0 Å². The van der Waals surface area contributed by atoms with Crippen LogP contribution in [-0.4, -0.2) is 30.7 Å². The quantitative estimate of drug-likeness (QED) is 0.563. The molecule has 0 aliphatic heterocycles. The number of anilines is 1. The third-order valence-corrected chi connectivity index (χ3v) is 6.63. The Morgan fingerprint density at radius 2 is 1.72 bits per heavy atom. The third-order valence-electron chi connectivity index (χ3n) is 4.13. The van der Waals surface area contributed by atoms with Crippen LogP contribution >= 0.6 is 23.2 Å². The average Bonchev–Trinajstić information content (AvgIpc) is 2.71. The van der Waals surface area contributed by atoms with Gasteiger partial charge in [-0.3, -0.25) is 4.79 Å². The van der Waals surface area contributed by atoms with E-state index in [9.17, 15) is 13.2 Å². The monoisotopic (exact) mass is 449 g/mol. The topological polar surface area (TPSA) is 79.4 Å². The lowest BCUT2D eigenvalue weighted by molar-refractivity contribution is 0.102. The van der Waals surface area contributed by atoms with E-state index in [0.29, 0.717) is 5.69 Å². The lowest BCUT2D eigenvalue weighted by atomic mass is 10.2. The predicted molar refractivity (Wildman–Crippen MR) is 114 cm³/mol. The van der Waals surface area contributed by atoms with Crippen LogP contribution in [0.25, 0.3) is 0 Å². The Labute approximate surface area is 179 Å². The Hall–Kier alpha value is -2.45. The van der Waals surface area contributed by atoms with Gasteiger partial charge in [-0.2, -0.15) is 4.31 Å². The van der Waals surface area contributed by atoms with Crippen molar-refractivity contribution in [1.82, 2.24) is 9.29 Å². The van der Waals surface area contributed by atoms with E-state index in [-0.39, 0.29) is 27.2 Å². The summed E-state index contributed by atoms with van der Waals surface area (Å²) in [6, 6.07) is 16.7. The highest BCUT2D eigenvalue weighted by Crippen LogP contribution is 2.22. The first-order valence-electron chi connectivity index (χ1n) is 8.50. The first-order valence-corrected chi connectivity index (χ1v) is 10.7. The Bertz CT molecular complexity index is 1120. The molecule has 0 aliphatic carbocycles. The molecular formula is C20H17Cl2N3O3S. The summed E-state index contributed by atoms with van der Waals surface area (Å²) in [7, 11) is -2.14. The molecule has 0 aliphatic rings. The maximum atomic E-state index is 12.8. The predicted octanol–water partition coefficient (Wildman–Crippen LogP) is 4.46. The van der Waals surface area contributed by atoms with Gasteiger partial charge in [-0.1, -0.05) is 53.5 Å². The summed E-state index contributed by atoms with van der Waals surface area (Å²) < 4.78 is 26.8. The van der Waals surface area contributed by atoms with Gasteiger partial charge < -0.3 is 5.32 Å². The van der Waals surface area contributed by atoms with Crippen LogP contribution in [0.15, 0.2) is 71.8 Å². The van der Waals surface area contributed by atoms with E-state index in [1.54, 1.807) is 0 Å². The third kappa shape index (κ3) is 5.13. The fourth-order valence-corrected chi connectivity index (χ4v) is 3.99. The van der Waals surface area contributed by atoms with Gasteiger partial charge in [0.1, 0.15) is 5.15 Å². The van der Waals surface area contributed by atoms with Crippen molar-refractivity contribution in [2.75, 3.05) is 12.4 Å². The van der Waals surface area contributed by atoms with E-state index in [2.05, 4.69) is 10.3 Å². The van der Waals surface area contributed by atoms with E-state index >= 15 is 0 Å². The minimum Gasteiger partial charge on any atom is -0.322 e. The molecule has 29 heavy (non-hydrogen) atoms. The zero-order valence-corrected chi connectivity index (χ0v) is 17.7. The van der Waals surface area contributed by atoms with Crippen molar-refractivity contribution in [2.24, 2.45) is 0 Å². The van der Waals surface area contributed by atoms with Gasteiger partial charge in [0.2, 0.25) is 10.0 Å². The maximum Gasteiger partial charge on any atom is 0.257 e. The van der Waals surface area contributed by atoms with Gasteiger partial charge in [0.25, 0.3) is 5.91 Å². The fourth-order valence-electron chi connectivity index (χ4n) is 2.56. The Kier molecular flexibility index (Phi) is 6.54. The van der Waals surface area contributed by atoms with E-state index in [4.69, 9.17) is 23.2 Å². The first kappa shape index (κ1) is 21.3. The zero-order valence-electron chi connectivity index (χ0n) is 15.3. The molecule has 0 saturated heterocycles. The SMILES string of the molecule is CN(Cc1ccccc1)S(=O)(=O)c1ccc(NC(=O)c2cnc(Cl)c(Cl)c2)cc1. The molecular weight excluding hydrogens is 433 g/mol. The molecule has 0 bridgehead atoms. The number of rotatable bonds is 6. The molecule has 0 radical (unpaired) electrons. The summed E-state index contributed by atoms with van der Waals surface area (Å²) >= 11 is 11.6. The first-order chi connectivity index (χ1) is 13.8. The van der Waals surface area contributed by atoms with Crippen molar-refractivity contribution >= 4 is 44.8 Å². The van der Waals surface area contributed by atoms with Gasteiger partial charge in [0.15, 0.2) is 0 Å². The number of pyridine rings is 1. The second kappa shape index (κ2) is 8.92. The van der Waals surface area contributed by atoms with Crippen LogP contribution in [0.1, 0.15) is 15.9 Å². The normalized spacial score (nSPS) is 11.4. The van der Waals surface area contributed by atoms with Crippen molar-refractivity contribution in [2.45, 2.75) is 11.4 Å². The van der Waals surface area contributed by atoms with Crippen LogP contribution < -0.4 is 5.32 Å². The number of nitrogens with one attached hydrogen (secondary N) is 1. The number of carbonyl (C=O) groups is 1. The van der Waals surface area contributed by atoms with Gasteiger partial charge in [-0.15, -0.1) is 0 Å². The molecule has 0 saturated carbocycles. The summed E-state index contributed by atoms with van der Waals surface area (Å²) in [6.07, 6.45) is 1.31. The number of carbonyl (C=O) groups excluding carboxylic acids is 1. The number of sulfonamides is 1. The van der Waals surface area contributed by atoms with Gasteiger partial charge in [0.05, 0.1) is 15.5 Å². The summed E-state index contributed by atoms with van der Waals surface area (Å²) in [5.74, 6) is -0.437. The molecule has 0 atom stereocenters. The largest absolute Gasteiger partial charge is 0.322 e. The van der Waals surface area contributed by atoms with E-state index < -0.39 is 15.9 Å². The second-order valence-corrected chi connectivity index (χ2v) is 9.03. The number of hydrogen-bond acceptors (Lipinski definition) is 4. The summed E-state index contributed by atoms with van der Waals surface area (Å²) in [6.45, 7) is 0.256. The Morgan fingerprint density at radius 3 is 2.34 bits per heavy atom. The molecule has 2 aromatic carbocycles. The Balaban J connectivity index is 1.71. The summed E-state index contributed by atoms with van der Waals surface area (Å²) in [4.78, 5) is 16.3. The highest BCUT2D eigenvalue weighted by Gasteiger charge is 2.21. The number of nitrogens with zero attached hydrogens (tertiary/aromatic N) is 2. The molecule has 0 unspecified atom stereocenters. The van der Waals surface area contributed by atoms with Crippen molar-refractivity contribution in [1.29, 1.82) is 0 Å². The van der Waals surface area contributed by atoms with Crippen molar-refractivity contribution < 1.29 is 13.2 Å². The fraction of sp³-hybridized carbons (Fsp3) is 0.100. The molecule has 0 fully saturated rings. The van der Waals surface area contributed by atoms with E-state index in [1.165, 1.54) is 47.9 Å². The standard InChI is InChI=1S/C20H17Cl2N3O3S/c1-25(13-14-5-3-2-4-6-14)29(27,28)17-9-7-16(8-10-17)24-20(26)15-11-18(21)19(22)23-12-15/h2-12H,13H2,1H3,(H,24,26). The Morgan fingerprint density at radius 1 is 1.07 bits per heavy atom. The molecule has 1 amide bonds. The van der Waals surface area contributed by atoms with Crippen molar-refractivity contribution in [3.05, 3.63) is 88.2 Å². The van der Waals surface area contributed by atoms with Crippen LogP contribution in [-0.2, 0) is 16.6 Å². The van der Waals surface area contributed by atoms with Crippen LogP contribution in [0.5, 0.6) is 0 Å². The smallest absolute Gasteiger partial charge is 0.257 e. The number of hydrogen-bond donors (Lipinski definition) is 1. The van der Waals surface area contributed by atoms with Crippen molar-refractivity contribution in [3.8, 4) is 0 Å². The molecule has 9 heteroatoms.